The Hall–Kier alpha value is -3.69. The van der Waals surface area contributed by atoms with Crippen LogP contribution in [0.25, 0.3) is 11.0 Å². The Bertz CT molecular complexity index is 1180. The maximum absolute atomic E-state index is 12.9. The second-order valence-electron chi connectivity index (χ2n) is 7.41. The molecule has 1 N–H and O–H groups in total. The zero-order chi connectivity index (χ0) is 23.0. The third-order valence-corrected chi connectivity index (χ3v) is 5.45. The normalized spacial score (nSPS) is 14.6. The molecule has 0 aliphatic carbocycles. The summed E-state index contributed by atoms with van der Waals surface area (Å²) in [4.78, 5) is 27.0. The van der Waals surface area contributed by atoms with E-state index in [1.54, 1.807) is 6.07 Å². The monoisotopic (exact) mass is 448 g/mol. The molecule has 1 aromatic heterocycles. The number of ether oxygens (including phenoxy) is 1. The number of carbonyl (C=O) groups is 2. The third kappa shape index (κ3) is 4.20. The summed E-state index contributed by atoms with van der Waals surface area (Å²) in [5.74, 6) is -0.558. The fourth-order valence-electron chi connectivity index (χ4n) is 3.86. The highest BCUT2D eigenvalue weighted by molar-refractivity contribution is 5.94. The second-order valence-corrected chi connectivity index (χ2v) is 7.41. The molecule has 0 spiro atoms. The van der Waals surface area contributed by atoms with E-state index < -0.39 is 23.8 Å². The molecule has 2 aromatic carbocycles. The van der Waals surface area contributed by atoms with Crippen LogP contribution >= 0.6 is 0 Å². The van der Waals surface area contributed by atoms with Crippen molar-refractivity contribution in [2.75, 3.05) is 31.1 Å². The van der Waals surface area contributed by atoms with Crippen LogP contribution in [0.4, 0.5) is 23.7 Å². The molecule has 0 radical (unpaired) electrons. The molecule has 10 heteroatoms. The van der Waals surface area contributed by atoms with Gasteiger partial charge in [-0.1, -0.05) is 6.07 Å². The number of hydrogen-bond donors (Lipinski definition) is 1. The van der Waals surface area contributed by atoms with Crippen molar-refractivity contribution >= 4 is 28.7 Å². The Morgan fingerprint density at radius 2 is 1.78 bits per heavy atom. The van der Waals surface area contributed by atoms with Gasteiger partial charge < -0.3 is 24.1 Å². The Labute approximate surface area is 180 Å². The lowest BCUT2D eigenvalue weighted by Gasteiger charge is -2.37. The molecule has 1 amide bonds. The van der Waals surface area contributed by atoms with Crippen LogP contribution in [0.3, 0.4) is 0 Å². The molecule has 1 fully saturated rings. The lowest BCUT2D eigenvalue weighted by Crippen LogP contribution is -2.49. The van der Waals surface area contributed by atoms with Gasteiger partial charge in [0.1, 0.15) is 5.58 Å². The molecule has 3 aromatic rings. The maximum atomic E-state index is 12.9. The van der Waals surface area contributed by atoms with Gasteiger partial charge in [-0.25, -0.2) is 4.79 Å². The van der Waals surface area contributed by atoms with Crippen LogP contribution < -0.4 is 9.64 Å². The summed E-state index contributed by atoms with van der Waals surface area (Å²) in [6, 6.07) is 9.51. The van der Waals surface area contributed by atoms with Crippen molar-refractivity contribution in [2.45, 2.75) is 13.1 Å². The smallest absolute Gasteiger partial charge is 0.449 e. The summed E-state index contributed by atoms with van der Waals surface area (Å²) in [7, 11) is 0. The highest BCUT2D eigenvalue weighted by atomic mass is 19.4. The molecular formula is C22H19F3N2O5. The van der Waals surface area contributed by atoms with Crippen molar-refractivity contribution in [2.24, 2.45) is 0 Å². The molecule has 2 heterocycles. The maximum Gasteiger partial charge on any atom is 0.513 e. The molecule has 32 heavy (non-hydrogen) atoms. The summed E-state index contributed by atoms with van der Waals surface area (Å²) >= 11 is 0. The third-order valence-electron chi connectivity index (χ3n) is 5.45. The first-order valence-electron chi connectivity index (χ1n) is 9.79. The summed E-state index contributed by atoms with van der Waals surface area (Å²) in [5.41, 5.74) is 1.41. The highest BCUT2D eigenvalue weighted by Gasteiger charge is 2.32. The van der Waals surface area contributed by atoms with E-state index in [9.17, 15) is 22.8 Å². The molecule has 0 saturated carbocycles. The molecule has 168 valence electrons. The zero-order valence-corrected chi connectivity index (χ0v) is 17.0. The SMILES string of the molecule is Cc1c(N2CCN(C(=O)c3cccc(C(F)(F)F)c3)CC2)ccc2oc(OC(=O)O)cc12. The summed E-state index contributed by atoms with van der Waals surface area (Å²) in [6.45, 7) is 3.56. The Morgan fingerprint density at radius 1 is 1.06 bits per heavy atom. The van der Waals surface area contributed by atoms with E-state index in [0.29, 0.717) is 37.1 Å². The minimum absolute atomic E-state index is 0.00947. The molecule has 4 rings (SSSR count). The number of amides is 1. The predicted molar refractivity (Wildman–Crippen MR) is 109 cm³/mol. The number of anilines is 1. The number of piperazine rings is 1. The van der Waals surface area contributed by atoms with Crippen LogP contribution in [-0.2, 0) is 6.18 Å². The Morgan fingerprint density at radius 3 is 2.44 bits per heavy atom. The molecule has 1 saturated heterocycles. The van der Waals surface area contributed by atoms with Crippen LogP contribution in [0.15, 0.2) is 46.9 Å². The lowest BCUT2D eigenvalue weighted by molar-refractivity contribution is -0.137. The number of fused-ring (bicyclic) bond motifs is 1. The van der Waals surface area contributed by atoms with Gasteiger partial charge in [0, 0.05) is 48.9 Å². The van der Waals surface area contributed by atoms with Crippen LogP contribution in [0, 0.1) is 6.92 Å². The number of rotatable bonds is 3. The zero-order valence-electron chi connectivity index (χ0n) is 17.0. The van der Waals surface area contributed by atoms with Crippen LogP contribution in [0.5, 0.6) is 5.95 Å². The first-order chi connectivity index (χ1) is 15.1. The molecule has 1 aliphatic rings. The highest BCUT2D eigenvalue weighted by Crippen LogP contribution is 2.34. The van der Waals surface area contributed by atoms with Crippen molar-refractivity contribution in [3.05, 3.63) is 59.2 Å². The summed E-state index contributed by atoms with van der Waals surface area (Å²) in [5, 5.41) is 9.46. The minimum Gasteiger partial charge on any atom is -0.449 e. The van der Waals surface area contributed by atoms with Crippen molar-refractivity contribution in [1.82, 2.24) is 4.90 Å². The first-order valence-corrected chi connectivity index (χ1v) is 9.79. The van der Waals surface area contributed by atoms with Crippen molar-refractivity contribution in [3.63, 3.8) is 0 Å². The lowest BCUT2D eigenvalue weighted by atomic mass is 10.1. The number of furan rings is 1. The van der Waals surface area contributed by atoms with Gasteiger partial charge in [-0.2, -0.15) is 13.2 Å². The molecular weight excluding hydrogens is 429 g/mol. The van der Waals surface area contributed by atoms with Crippen LogP contribution in [-0.4, -0.2) is 48.2 Å². The second kappa shape index (κ2) is 8.10. The molecule has 0 atom stereocenters. The van der Waals surface area contributed by atoms with Crippen LogP contribution in [0.2, 0.25) is 0 Å². The van der Waals surface area contributed by atoms with E-state index in [-0.39, 0.29) is 11.5 Å². The molecule has 0 bridgehead atoms. The number of benzene rings is 2. The Balaban J connectivity index is 1.48. The number of nitrogens with zero attached hydrogens (tertiary/aromatic N) is 2. The van der Waals surface area contributed by atoms with Gasteiger partial charge in [0.25, 0.3) is 11.9 Å². The van der Waals surface area contributed by atoms with Gasteiger partial charge in [-0.05, 0) is 42.8 Å². The number of aryl methyl sites for hydroxylation is 1. The van der Waals surface area contributed by atoms with Gasteiger partial charge in [0.2, 0.25) is 0 Å². The first kappa shape index (κ1) is 21.5. The fourth-order valence-corrected chi connectivity index (χ4v) is 3.86. The van der Waals surface area contributed by atoms with E-state index in [4.69, 9.17) is 9.52 Å². The van der Waals surface area contributed by atoms with E-state index in [1.165, 1.54) is 23.1 Å². The van der Waals surface area contributed by atoms with E-state index in [2.05, 4.69) is 9.64 Å². The van der Waals surface area contributed by atoms with E-state index in [1.807, 2.05) is 13.0 Å². The number of alkyl halides is 3. The molecule has 0 unspecified atom stereocenters. The van der Waals surface area contributed by atoms with Gasteiger partial charge in [-0.15, -0.1) is 0 Å². The quantitative estimate of drug-likeness (QED) is 0.581. The molecule has 7 nitrogen and oxygen atoms in total. The van der Waals surface area contributed by atoms with Crippen LogP contribution in [0.1, 0.15) is 21.5 Å². The number of halogens is 3. The van der Waals surface area contributed by atoms with Gasteiger partial charge >= 0.3 is 12.3 Å². The standard InChI is InChI=1S/C22H19F3N2O5/c1-13-16-12-19(32-21(29)30)31-18(16)6-5-17(13)26-7-9-27(10-8-26)20(28)14-3-2-4-15(11-14)22(23,24)25/h2-6,11-12H,7-10H2,1H3,(H,29,30). The van der Waals surface area contributed by atoms with E-state index >= 15 is 0 Å². The van der Waals surface area contributed by atoms with Crippen molar-refractivity contribution in [3.8, 4) is 5.95 Å². The topological polar surface area (TPSA) is 83.2 Å². The van der Waals surface area contributed by atoms with Crippen molar-refractivity contribution in [1.29, 1.82) is 0 Å². The summed E-state index contributed by atoms with van der Waals surface area (Å²) in [6.07, 6.45) is -5.98. The van der Waals surface area contributed by atoms with Gasteiger partial charge in [-0.3, -0.25) is 4.79 Å². The average molecular weight is 448 g/mol. The number of carbonyl (C=O) groups excluding carboxylic acids is 1. The average Bonchev–Trinajstić information content (AvgIpc) is 3.16. The fraction of sp³-hybridized carbons (Fsp3) is 0.273. The minimum atomic E-state index is -4.51. The summed E-state index contributed by atoms with van der Waals surface area (Å²) < 4.78 is 48.8. The predicted octanol–water partition coefficient (Wildman–Crippen LogP) is 4.78. The largest absolute Gasteiger partial charge is 0.513 e. The van der Waals surface area contributed by atoms with Gasteiger partial charge in [0.15, 0.2) is 0 Å². The van der Waals surface area contributed by atoms with Gasteiger partial charge in [0.05, 0.1) is 5.56 Å². The molecule has 1 aliphatic heterocycles. The van der Waals surface area contributed by atoms with Crippen molar-refractivity contribution < 1.29 is 37.0 Å². The number of carboxylic acid groups (broad SMARTS) is 1. The number of hydrogen-bond acceptors (Lipinski definition) is 5. The Kier molecular flexibility index (Phi) is 5.45. The van der Waals surface area contributed by atoms with E-state index in [0.717, 1.165) is 23.4 Å².